The summed E-state index contributed by atoms with van der Waals surface area (Å²) in [6, 6.07) is 8.88. The van der Waals surface area contributed by atoms with Crippen LogP contribution in [0.2, 0.25) is 0 Å². The highest BCUT2D eigenvalue weighted by Crippen LogP contribution is 2.43. The van der Waals surface area contributed by atoms with Crippen molar-refractivity contribution in [3.05, 3.63) is 65.7 Å². The summed E-state index contributed by atoms with van der Waals surface area (Å²) in [6.07, 6.45) is -0.688. The molecule has 1 aromatic heterocycles. The number of aromatic nitrogens is 2. The molecule has 1 fully saturated rings. The number of carbonyl (C=O) groups excluding carboxylic acids is 1. The first-order valence-electron chi connectivity index (χ1n) is 11.6. The summed E-state index contributed by atoms with van der Waals surface area (Å²) in [6.45, 7) is 0. The van der Waals surface area contributed by atoms with Crippen molar-refractivity contribution < 1.29 is 40.2 Å². The van der Waals surface area contributed by atoms with Gasteiger partial charge < -0.3 is 9.47 Å². The zero-order chi connectivity index (χ0) is 27.7. The van der Waals surface area contributed by atoms with Gasteiger partial charge in [-0.3, -0.25) is 4.72 Å². The Bertz CT molecular complexity index is 1410. The third kappa shape index (κ3) is 5.77. The van der Waals surface area contributed by atoms with Gasteiger partial charge in [0.25, 0.3) is 10.0 Å². The van der Waals surface area contributed by atoms with Crippen LogP contribution in [0.4, 0.5) is 23.2 Å². The van der Waals surface area contributed by atoms with Gasteiger partial charge in [0.05, 0.1) is 49.5 Å². The molecule has 0 bridgehead atoms. The number of alkyl halides is 3. The Morgan fingerprint density at radius 2 is 1.74 bits per heavy atom. The van der Waals surface area contributed by atoms with Gasteiger partial charge in [0.1, 0.15) is 16.5 Å². The van der Waals surface area contributed by atoms with Gasteiger partial charge in [-0.2, -0.15) is 18.3 Å². The number of benzene rings is 2. The Kier molecular flexibility index (Phi) is 7.68. The summed E-state index contributed by atoms with van der Waals surface area (Å²) in [7, 11) is -1.91. The second kappa shape index (κ2) is 10.6. The van der Waals surface area contributed by atoms with Crippen molar-refractivity contribution >= 4 is 21.7 Å². The molecule has 0 unspecified atom stereocenters. The van der Waals surface area contributed by atoms with E-state index in [-0.39, 0.29) is 35.1 Å². The van der Waals surface area contributed by atoms with Crippen molar-refractivity contribution in [2.24, 2.45) is 5.92 Å². The molecule has 0 radical (unpaired) electrons. The van der Waals surface area contributed by atoms with Crippen molar-refractivity contribution in [3.8, 4) is 11.4 Å². The van der Waals surface area contributed by atoms with Crippen LogP contribution in [0.1, 0.15) is 47.5 Å². The standard InChI is InChI=1S/C25H25F4N3O5S/c1-36-23-11-20(24(33)37-2)21(26)12-22(23)31-38(34,35)19-13-30-32(14-19)18-9-5-16(6-10-18)15-3-7-17(8-4-15)25(27,28)29/h5-6,9-15,17,31H,3-4,7-8H2,1-2H3. The molecule has 3 aromatic rings. The summed E-state index contributed by atoms with van der Waals surface area (Å²) in [5, 5.41) is 4.09. The molecule has 1 N–H and O–H groups in total. The summed E-state index contributed by atoms with van der Waals surface area (Å²) >= 11 is 0. The van der Waals surface area contributed by atoms with Gasteiger partial charge in [0, 0.05) is 6.07 Å². The molecule has 204 valence electrons. The van der Waals surface area contributed by atoms with E-state index in [2.05, 4.69) is 14.6 Å². The van der Waals surface area contributed by atoms with E-state index < -0.39 is 39.5 Å². The van der Waals surface area contributed by atoms with Crippen molar-refractivity contribution in [2.45, 2.75) is 42.7 Å². The van der Waals surface area contributed by atoms with E-state index in [4.69, 9.17) is 4.74 Å². The largest absolute Gasteiger partial charge is 0.495 e. The predicted molar refractivity (Wildman–Crippen MR) is 129 cm³/mol. The van der Waals surface area contributed by atoms with Crippen molar-refractivity contribution in [2.75, 3.05) is 18.9 Å². The van der Waals surface area contributed by atoms with Crippen molar-refractivity contribution in [1.82, 2.24) is 9.78 Å². The third-order valence-electron chi connectivity index (χ3n) is 6.63. The lowest BCUT2D eigenvalue weighted by atomic mass is 9.78. The van der Waals surface area contributed by atoms with Crippen LogP contribution in [0, 0.1) is 11.7 Å². The van der Waals surface area contributed by atoms with Crippen LogP contribution in [0.25, 0.3) is 5.69 Å². The normalized spacial score (nSPS) is 18.2. The number of ether oxygens (including phenoxy) is 2. The van der Waals surface area contributed by atoms with Crippen LogP contribution in [-0.4, -0.2) is 44.6 Å². The van der Waals surface area contributed by atoms with Crippen molar-refractivity contribution in [1.29, 1.82) is 0 Å². The van der Waals surface area contributed by atoms with Crippen LogP contribution < -0.4 is 9.46 Å². The summed E-state index contributed by atoms with van der Waals surface area (Å²) in [4.78, 5) is 11.5. The number of methoxy groups -OCH3 is 2. The molecule has 1 aliphatic carbocycles. The number of hydrogen-bond donors (Lipinski definition) is 1. The molecule has 0 spiro atoms. The zero-order valence-corrected chi connectivity index (χ0v) is 21.3. The lowest BCUT2D eigenvalue weighted by Crippen LogP contribution is -2.27. The number of nitrogens with one attached hydrogen (secondary N) is 1. The van der Waals surface area contributed by atoms with Gasteiger partial charge >= 0.3 is 12.1 Å². The highest BCUT2D eigenvalue weighted by atomic mass is 32.2. The number of nitrogens with zero attached hydrogens (tertiary/aromatic N) is 2. The summed E-state index contributed by atoms with van der Waals surface area (Å²) < 4.78 is 92.3. The average Bonchev–Trinajstić information content (AvgIpc) is 3.39. The van der Waals surface area contributed by atoms with Gasteiger partial charge in [-0.25, -0.2) is 22.3 Å². The first-order valence-corrected chi connectivity index (χ1v) is 13.1. The molecule has 0 amide bonds. The van der Waals surface area contributed by atoms with E-state index >= 15 is 0 Å². The molecule has 1 heterocycles. The number of halogens is 4. The van der Waals surface area contributed by atoms with Crippen LogP contribution in [0.5, 0.6) is 5.75 Å². The maximum Gasteiger partial charge on any atom is 0.391 e. The molecule has 4 rings (SSSR count). The third-order valence-corrected chi connectivity index (χ3v) is 7.95. The Balaban J connectivity index is 1.49. The summed E-state index contributed by atoms with van der Waals surface area (Å²) in [5.74, 6) is -3.27. The quantitative estimate of drug-likeness (QED) is 0.308. The molecule has 1 saturated carbocycles. The van der Waals surface area contributed by atoms with Gasteiger partial charge in [-0.15, -0.1) is 0 Å². The van der Waals surface area contributed by atoms with E-state index in [1.54, 1.807) is 24.3 Å². The first-order chi connectivity index (χ1) is 17.9. The molecule has 0 saturated heterocycles. The lowest BCUT2D eigenvalue weighted by molar-refractivity contribution is -0.182. The highest BCUT2D eigenvalue weighted by Gasteiger charge is 2.41. The molecule has 0 atom stereocenters. The minimum Gasteiger partial charge on any atom is -0.495 e. The van der Waals surface area contributed by atoms with E-state index in [0.717, 1.165) is 31.0 Å². The minimum atomic E-state index is -4.22. The molecule has 13 heteroatoms. The van der Waals surface area contributed by atoms with Gasteiger partial charge in [-0.05, 0) is 55.4 Å². The fourth-order valence-electron chi connectivity index (χ4n) is 4.51. The van der Waals surface area contributed by atoms with Gasteiger partial charge in [0.2, 0.25) is 0 Å². The first kappa shape index (κ1) is 27.4. The average molecular weight is 556 g/mol. The number of esters is 1. The molecule has 1 aliphatic rings. The number of hydrogen-bond acceptors (Lipinski definition) is 6. The Morgan fingerprint density at radius 1 is 1.08 bits per heavy atom. The minimum absolute atomic E-state index is 0.0290. The summed E-state index contributed by atoms with van der Waals surface area (Å²) in [5.41, 5.74) is 0.817. The second-order valence-corrected chi connectivity index (χ2v) is 10.6. The number of carbonyl (C=O) groups is 1. The molecule has 8 nitrogen and oxygen atoms in total. The van der Waals surface area contributed by atoms with Crippen molar-refractivity contribution in [3.63, 3.8) is 0 Å². The SMILES string of the molecule is COC(=O)c1cc(OC)c(NS(=O)(=O)c2cnn(-c3ccc(C4CCC(C(F)(F)F)CC4)cc3)c2)cc1F. The Hall–Kier alpha value is -3.61. The van der Waals surface area contributed by atoms with E-state index in [1.807, 2.05) is 0 Å². The number of sulfonamides is 1. The highest BCUT2D eigenvalue weighted by molar-refractivity contribution is 7.92. The smallest absolute Gasteiger partial charge is 0.391 e. The van der Waals surface area contributed by atoms with Gasteiger partial charge in [0.15, 0.2) is 0 Å². The predicted octanol–water partition coefficient (Wildman–Crippen LogP) is 5.44. The van der Waals surface area contributed by atoms with Crippen LogP contribution in [0.3, 0.4) is 0 Å². The molecule has 38 heavy (non-hydrogen) atoms. The second-order valence-electron chi connectivity index (χ2n) is 8.93. The zero-order valence-electron chi connectivity index (χ0n) is 20.5. The van der Waals surface area contributed by atoms with E-state index in [1.165, 1.54) is 18.0 Å². The fraction of sp³-hybridized carbons (Fsp3) is 0.360. The molecular weight excluding hydrogens is 530 g/mol. The monoisotopic (exact) mass is 555 g/mol. The maximum atomic E-state index is 14.4. The number of anilines is 1. The lowest BCUT2D eigenvalue weighted by Gasteiger charge is -2.30. The Morgan fingerprint density at radius 3 is 2.32 bits per heavy atom. The Labute approximate surface area is 216 Å². The molecule has 2 aromatic carbocycles. The van der Waals surface area contributed by atoms with E-state index in [9.17, 15) is 30.8 Å². The number of rotatable bonds is 7. The fourth-order valence-corrected chi connectivity index (χ4v) is 5.50. The van der Waals surface area contributed by atoms with Crippen LogP contribution in [0.15, 0.2) is 53.7 Å². The molecular formula is C25H25F4N3O5S. The van der Waals surface area contributed by atoms with Crippen LogP contribution >= 0.6 is 0 Å². The maximum absolute atomic E-state index is 14.4. The topological polar surface area (TPSA) is 99.5 Å². The van der Waals surface area contributed by atoms with E-state index in [0.29, 0.717) is 18.5 Å². The van der Waals surface area contributed by atoms with Crippen LogP contribution in [-0.2, 0) is 14.8 Å². The van der Waals surface area contributed by atoms with Gasteiger partial charge in [-0.1, -0.05) is 12.1 Å². The molecule has 0 aliphatic heterocycles.